The third-order valence-electron chi connectivity index (χ3n) is 3.84. The maximum atomic E-state index is 11.5. The number of piperidine rings is 3. The SMILES string of the molecule is CCOC(=O)C[N+]12CCC(CC1)C(O)C2. The topological polar surface area (TPSA) is 46.5 Å². The summed E-state index contributed by atoms with van der Waals surface area (Å²) in [7, 11) is 0. The molecule has 0 amide bonds. The first-order valence-corrected chi connectivity index (χ1v) is 5.84. The normalized spacial score (nSPS) is 39.1. The van der Waals surface area contributed by atoms with Gasteiger partial charge in [-0.05, 0) is 6.92 Å². The van der Waals surface area contributed by atoms with Crippen LogP contribution >= 0.6 is 0 Å². The zero-order chi connectivity index (χ0) is 10.9. The van der Waals surface area contributed by atoms with Crippen molar-refractivity contribution in [2.45, 2.75) is 25.9 Å². The van der Waals surface area contributed by atoms with Crippen molar-refractivity contribution in [1.82, 2.24) is 0 Å². The van der Waals surface area contributed by atoms with Crippen LogP contribution in [0.4, 0.5) is 0 Å². The smallest absolute Gasteiger partial charge is 0.361 e. The van der Waals surface area contributed by atoms with Crippen molar-refractivity contribution in [3.8, 4) is 0 Å². The number of aliphatic hydroxyl groups is 1. The molecule has 0 aliphatic carbocycles. The van der Waals surface area contributed by atoms with Crippen LogP contribution in [0.5, 0.6) is 0 Å². The van der Waals surface area contributed by atoms with Gasteiger partial charge in [-0.3, -0.25) is 0 Å². The van der Waals surface area contributed by atoms with Gasteiger partial charge in [0.2, 0.25) is 0 Å². The summed E-state index contributed by atoms with van der Waals surface area (Å²) in [5, 5.41) is 9.84. The van der Waals surface area contributed by atoms with Gasteiger partial charge in [0, 0.05) is 18.8 Å². The van der Waals surface area contributed by atoms with Crippen LogP contribution in [0.1, 0.15) is 19.8 Å². The Morgan fingerprint density at radius 2 is 2.13 bits per heavy atom. The van der Waals surface area contributed by atoms with E-state index in [1.807, 2.05) is 6.92 Å². The van der Waals surface area contributed by atoms with Crippen molar-refractivity contribution >= 4 is 5.97 Å². The average Bonchev–Trinajstić information content (AvgIpc) is 2.18. The van der Waals surface area contributed by atoms with Crippen molar-refractivity contribution in [2.24, 2.45) is 5.92 Å². The van der Waals surface area contributed by atoms with Gasteiger partial charge in [-0.1, -0.05) is 0 Å². The molecule has 0 aromatic carbocycles. The first-order valence-electron chi connectivity index (χ1n) is 5.84. The number of hydrogen-bond acceptors (Lipinski definition) is 3. The molecule has 4 heteroatoms. The zero-order valence-electron chi connectivity index (χ0n) is 9.32. The first kappa shape index (κ1) is 10.9. The predicted molar refractivity (Wildman–Crippen MR) is 55.1 cm³/mol. The summed E-state index contributed by atoms with van der Waals surface area (Å²) < 4.78 is 5.73. The summed E-state index contributed by atoms with van der Waals surface area (Å²) in [5.74, 6) is 0.359. The number of esters is 1. The molecule has 3 aliphatic rings. The van der Waals surface area contributed by atoms with Crippen LogP contribution in [0.2, 0.25) is 0 Å². The lowest BCUT2D eigenvalue weighted by Crippen LogP contribution is -2.65. The van der Waals surface area contributed by atoms with Crippen LogP contribution in [-0.4, -0.2) is 54.4 Å². The molecule has 0 spiro atoms. The highest BCUT2D eigenvalue weighted by Crippen LogP contribution is 2.33. The predicted octanol–water partition coefficient (Wildman–Crippen LogP) is 0.151. The van der Waals surface area contributed by atoms with Crippen molar-refractivity contribution in [2.75, 3.05) is 32.8 Å². The number of rotatable bonds is 3. The Morgan fingerprint density at radius 3 is 2.67 bits per heavy atom. The van der Waals surface area contributed by atoms with E-state index >= 15 is 0 Å². The Balaban J connectivity index is 1.97. The number of carbonyl (C=O) groups excluding carboxylic acids is 1. The van der Waals surface area contributed by atoms with E-state index in [9.17, 15) is 9.90 Å². The average molecular weight is 214 g/mol. The van der Waals surface area contributed by atoms with Gasteiger partial charge in [0.25, 0.3) is 0 Å². The minimum atomic E-state index is -0.207. The first-order chi connectivity index (χ1) is 7.15. The highest BCUT2D eigenvalue weighted by molar-refractivity contribution is 5.70. The number of nitrogens with zero attached hydrogens (tertiary/aromatic N) is 1. The molecular formula is C11H20NO3+. The van der Waals surface area contributed by atoms with E-state index < -0.39 is 0 Å². The number of fused-ring (bicyclic) bond motifs is 3. The fourth-order valence-electron chi connectivity index (χ4n) is 2.95. The van der Waals surface area contributed by atoms with E-state index in [2.05, 4.69) is 0 Å². The Bertz CT molecular complexity index is 246. The van der Waals surface area contributed by atoms with E-state index in [1.54, 1.807) is 0 Å². The molecule has 15 heavy (non-hydrogen) atoms. The third kappa shape index (κ3) is 2.16. The fraction of sp³-hybridized carbons (Fsp3) is 0.909. The fourth-order valence-corrected chi connectivity index (χ4v) is 2.95. The zero-order valence-corrected chi connectivity index (χ0v) is 9.32. The molecule has 0 radical (unpaired) electrons. The molecule has 1 unspecified atom stereocenters. The van der Waals surface area contributed by atoms with E-state index in [0.717, 1.165) is 37.0 Å². The summed E-state index contributed by atoms with van der Waals surface area (Å²) >= 11 is 0. The molecule has 3 saturated heterocycles. The van der Waals surface area contributed by atoms with Crippen LogP contribution in [0.25, 0.3) is 0 Å². The van der Waals surface area contributed by atoms with Gasteiger partial charge in [-0.25, -0.2) is 4.79 Å². The standard InChI is InChI=1S/C11H20NO3/c1-2-15-11(14)8-12-5-3-9(4-6-12)10(13)7-12/h9-10,13H,2-8H2,1H3/q+1. The summed E-state index contributed by atoms with van der Waals surface area (Å²) in [6.45, 7) is 5.52. The maximum Gasteiger partial charge on any atom is 0.361 e. The summed E-state index contributed by atoms with van der Waals surface area (Å²) in [6.07, 6.45) is 1.91. The summed E-state index contributed by atoms with van der Waals surface area (Å²) in [4.78, 5) is 11.5. The molecule has 0 saturated carbocycles. The van der Waals surface area contributed by atoms with Crippen molar-refractivity contribution in [3.63, 3.8) is 0 Å². The highest BCUT2D eigenvalue weighted by atomic mass is 16.5. The second-order valence-electron chi connectivity index (χ2n) is 4.84. The lowest BCUT2D eigenvalue weighted by atomic mass is 9.83. The van der Waals surface area contributed by atoms with Crippen molar-refractivity contribution < 1.29 is 19.1 Å². The second-order valence-corrected chi connectivity index (χ2v) is 4.84. The van der Waals surface area contributed by atoms with Crippen LogP contribution in [0, 0.1) is 5.92 Å². The van der Waals surface area contributed by atoms with Gasteiger partial charge in [0.05, 0.1) is 19.7 Å². The molecule has 3 rings (SSSR count). The molecule has 1 atom stereocenters. The molecule has 3 fully saturated rings. The Kier molecular flexibility index (Phi) is 2.98. The van der Waals surface area contributed by atoms with E-state index in [1.165, 1.54) is 0 Å². The largest absolute Gasteiger partial charge is 0.462 e. The Morgan fingerprint density at radius 1 is 1.47 bits per heavy atom. The van der Waals surface area contributed by atoms with Crippen LogP contribution in [-0.2, 0) is 9.53 Å². The molecule has 86 valence electrons. The van der Waals surface area contributed by atoms with Crippen molar-refractivity contribution in [1.29, 1.82) is 0 Å². The van der Waals surface area contributed by atoms with Crippen molar-refractivity contribution in [3.05, 3.63) is 0 Å². The molecule has 4 nitrogen and oxygen atoms in total. The number of carbonyl (C=O) groups is 1. The Labute approximate surface area is 90.4 Å². The molecule has 0 aromatic heterocycles. The van der Waals surface area contributed by atoms with E-state index in [4.69, 9.17) is 4.74 Å². The van der Waals surface area contributed by atoms with Crippen LogP contribution in [0.15, 0.2) is 0 Å². The lowest BCUT2D eigenvalue weighted by molar-refractivity contribution is -0.939. The molecule has 3 heterocycles. The number of quaternary nitrogens is 1. The van der Waals surface area contributed by atoms with Crippen LogP contribution < -0.4 is 0 Å². The van der Waals surface area contributed by atoms with Gasteiger partial charge >= 0.3 is 5.97 Å². The van der Waals surface area contributed by atoms with E-state index in [0.29, 0.717) is 19.1 Å². The second kappa shape index (κ2) is 4.10. The summed E-state index contributed by atoms with van der Waals surface area (Å²) in [5.41, 5.74) is 0. The Hall–Kier alpha value is -0.610. The number of hydrogen-bond donors (Lipinski definition) is 1. The minimum Gasteiger partial charge on any atom is -0.462 e. The van der Waals surface area contributed by atoms with Gasteiger partial charge in [-0.2, -0.15) is 0 Å². The molecule has 3 aliphatic heterocycles. The molecular weight excluding hydrogens is 194 g/mol. The minimum absolute atomic E-state index is 0.120. The highest BCUT2D eigenvalue weighted by Gasteiger charge is 2.46. The number of aliphatic hydroxyl groups excluding tert-OH is 1. The van der Waals surface area contributed by atoms with Gasteiger partial charge in [0.15, 0.2) is 6.54 Å². The molecule has 2 bridgehead atoms. The molecule has 0 aromatic rings. The quantitative estimate of drug-likeness (QED) is 0.537. The lowest BCUT2D eigenvalue weighted by Gasteiger charge is -2.50. The maximum absolute atomic E-state index is 11.5. The van der Waals surface area contributed by atoms with Gasteiger partial charge < -0.3 is 14.3 Å². The number of ether oxygens (including phenoxy) is 1. The van der Waals surface area contributed by atoms with Gasteiger partial charge in [-0.15, -0.1) is 0 Å². The van der Waals surface area contributed by atoms with Gasteiger partial charge in [0.1, 0.15) is 12.6 Å². The monoisotopic (exact) mass is 214 g/mol. The molecule has 1 N–H and O–H groups in total. The third-order valence-corrected chi connectivity index (χ3v) is 3.84. The van der Waals surface area contributed by atoms with Crippen LogP contribution in [0.3, 0.4) is 0 Å². The van der Waals surface area contributed by atoms with E-state index in [-0.39, 0.29) is 12.1 Å². The summed E-state index contributed by atoms with van der Waals surface area (Å²) in [6, 6.07) is 0.